The van der Waals surface area contributed by atoms with Crippen molar-refractivity contribution in [1.29, 1.82) is 0 Å². The van der Waals surface area contributed by atoms with Gasteiger partial charge in [0.05, 0.1) is 16.9 Å². The van der Waals surface area contributed by atoms with Gasteiger partial charge in [-0.05, 0) is 30.2 Å². The zero-order valence-electron chi connectivity index (χ0n) is 18.9. The quantitative estimate of drug-likeness (QED) is 0.425. The zero-order chi connectivity index (χ0) is 24.6. The first kappa shape index (κ1) is 23.8. The number of amides is 1. The van der Waals surface area contributed by atoms with Crippen LogP contribution in [0.3, 0.4) is 0 Å². The second-order valence-electron chi connectivity index (χ2n) is 8.99. The summed E-state index contributed by atoms with van der Waals surface area (Å²) < 4.78 is 55.7. The van der Waals surface area contributed by atoms with Crippen molar-refractivity contribution in [3.8, 4) is 11.1 Å². The lowest BCUT2D eigenvalue weighted by Gasteiger charge is -2.39. The molecule has 0 saturated heterocycles. The first-order valence-corrected chi connectivity index (χ1v) is 11.0. The van der Waals surface area contributed by atoms with Gasteiger partial charge in [-0.15, -0.1) is 0 Å². The number of pyridine rings is 1. The third kappa shape index (κ3) is 4.78. The third-order valence-electron chi connectivity index (χ3n) is 6.15. The summed E-state index contributed by atoms with van der Waals surface area (Å²) >= 11 is 0. The summed E-state index contributed by atoms with van der Waals surface area (Å²) in [5.74, 6) is -4.83. The molecule has 0 spiro atoms. The molecule has 1 unspecified atom stereocenters. The SMILES string of the molecule is CC(C)c1ncc(C(=O)Nc2c(-c3cc(F)ccc3F)ccnc2C(C)C2CC(F)(F)C2)cn1. The molecule has 3 aromatic rings. The summed E-state index contributed by atoms with van der Waals surface area (Å²) in [6, 6.07) is 4.46. The van der Waals surface area contributed by atoms with E-state index in [9.17, 15) is 22.4 Å². The number of benzene rings is 1. The molecule has 0 bridgehead atoms. The number of nitrogens with zero attached hydrogens (tertiary/aromatic N) is 3. The molecule has 1 aliphatic carbocycles. The van der Waals surface area contributed by atoms with Crippen molar-refractivity contribution in [3.05, 3.63) is 71.6 Å². The molecule has 9 heteroatoms. The molecule has 1 saturated carbocycles. The number of alkyl halides is 2. The second kappa shape index (κ2) is 9.12. The average molecular weight is 472 g/mol. The third-order valence-corrected chi connectivity index (χ3v) is 6.15. The molecule has 1 aromatic carbocycles. The Bertz CT molecular complexity index is 1210. The molecule has 4 rings (SSSR count). The van der Waals surface area contributed by atoms with Crippen molar-refractivity contribution in [2.24, 2.45) is 5.92 Å². The molecule has 5 nitrogen and oxygen atoms in total. The number of halogens is 4. The van der Waals surface area contributed by atoms with Gasteiger partial charge in [0, 0.05) is 54.4 Å². The molecule has 0 radical (unpaired) electrons. The fourth-order valence-electron chi connectivity index (χ4n) is 4.11. The standard InChI is InChI=1S/C25H24F4N4O/c1-13(2)23-31-11-16(12-32-23)24(34)33-22-18(19-8-17(26)4-5-20(19)27)6-7-30-21(22)14(3)15-9-25(28,29)10-15/h4-8,11-15H,9-10H2,1-3H3,(H,33,34). The van der Waals surface area contributed by atoms with Crippen LogP contribution in [0.4, 0.5) is 23.2 Å². The number of nitrogens with one attached hydrogen (secondary N) is 1. The topological polar surface area (TPSA) is 67.8 Å². The Hall–Kier alpha value is -3.36. The summed E-state index contributed by atoms with van der Waals surface area (Å²) in [4.78, 5) is 25.8. The number of carbonyl (C=O) groups is 1. The molecule has 178 valence electrons. The number of anilines is 1. The van der Waals surface area contributed by atoms with Crippen LogP contribution in [-0.4, -0.2) is 26.8 Å². The number of hydrogen-bond donors (Lipinski definition) is 1. The maximum atomic E-state index is 14.7. The highest BCUT2D eigenvalue weighted by molar-refractivity contribution is 6.06. The van der Waals surface area contributed by atoms with E-state index in [-0.39, 0.29) is 47.1 Å². The van der Waals surface area contributed by atoms with E-state index in [4.69, 9.17) is 0 Å². The van der Waals surface area contributed by atoms with Crippen LogP contribution in [-0.2, 0) is 0 Å². The van der Waals surface area contributed by atoms with Crippen LogP contribution in [0.25, 0.3) is 11.1 Å². The van der Waals surface area contributed by atoms with Crippen molar-refractivity contribution >= 4 is 11.6 Å². The van der Waals surface area contributed by atoms with Crippen molar-refractivity contribution < 1.29 is 22.4 Å². The molecular formula is C25H24F4N4O. The minimum atomic E-state index is -2.73. The Morgan fingerprint density at radius 2 is 1.71 bits per heavy atom. The Morgan fingerprint density at radius 3 is 2.32 bits per heavy atom. The van der Waals surface area contributed by atoms with Crippen LogP contribution < -0.4 is 5.32 Å². The van der Waals surface area contributed by atoms with E-state index in [1.165, 1.54) is 24.7 Å². The van der Waals surface area contributed by atoms with E-state index in [0.717, 1.165) is 18.2 Å². The smallest absolute Gasteiger partial charge is 0.258 e. The maximum absolute atomic E-state index is 14.7. The Morgan fingerprint density at radius 1 is 1.03 bits per heavy atom. The zero-order valence-corrected chi connectivity index (χ0v) is 18.9. The van der Waals surface area contributed by atoms with E-state index in [1.54, 1.807) is 6.92 Å². The van der Waals surface area contributed by atoms with Gasteiger partial charge in [-0.1, -0.05) is 20.8 Å². The molecular weight excluding hydrogens is 448 g/mol. The first-order valence-electron chi connectivity index (χ1n) is 11.0. The van der Waals surface area contributed by atoms with Crippen LogP contribution in [0, 0.1) is 17.6 Å². The number of aromatic nitrogens is 3. The van der Waals surface area contributed by atoms with Crippen molar-refractivity contribution in [3.63, 3.8) is 0 Å². The van der Waals surface area contributed by atoms with Gasteiger partial charge < -0.3 is 5.32 Å². The number of hydrogen-bond acceptors (Lipinski definition) is 4. The predicted octanol–water partition coefficient (Wildman–Crippen LogP) is 6.34. The van der Waals surface area contributed by atoms with Crippen LogP contribution in [0.5, 0.6) is 0 Å². The van der Waals surface area contributed by atoms with E-state index >= 15 is 0 Å². The number of rotatable bonds is 6. The highest BCUT2D eigenvalue weighted by Crippen LogP contribution is 2.50. The van der Waals surface area contributed by atoms with Crippen molar-refractivity contribution in [2.75, 3.05) is 5.32 Å². The Kier molecular flexibility index (Phi) is 6.38. The Labute approximate surface area is 194 Å². The largest absolute Gasteiger partial charge is 0.320 e. The Balaban J connectivity index is 1.76. The summed E-state index contributed by atoms with van der Waals surface area (Å²) in [5.41, 5.74) is 0.763. The number of carbonyl (C=O) groups excluding carboxylic acids is 1. The van der Waals surface area contributed by atoms with Gasteiger partial charge in [0.25, 0.3) is 5.91 Å². The molecule has 1 N–H and O–H groups in total. The highest BCUT2D eigenvalue weighted by Gasteiger charge is 2.48. The maximum Gasteiger partial charge on any atom is 0.258 e. The monoisotopic (exact) mass is 472 g/mol. The van der Waals surface area contributed by atoms with E-state index in [1.807, 2.05) is 13.8 Å². The molecule has 1 aliphatic rings. The van der Waals surface area contributed by atoms with Crippen molar-refractivity contribution in [1.82, 2.24) is 15.0 Å². The predicted molar refractivity (Wildman–Crippen MR) is 120 cm³/mol. The van der Waals surface area contributed by atoms with Gasteiger partial charge in [-0.3, -0.25) is 9.78 Å². The molecule has 1 amide bonds. The molecule has 1 atom stereocenters. The summed E-state index contributed by atoms with van der Waals surface area (Å²) in [5, 5.41) is 2.74. The van der Waals surface area contributed by atoms with Gasteiger partial charge in [0.15, 0.2) is 0 Å². The normalized spacial score (nSPS) is 16.2. The highest BCUT2D eigenvalue weighted by atomic mass is 19.3. The molecule has 0 aliphatic heterocycles. The van der Waals surface area contributed by atoms with Crippen LogP contribution in [0.15, 0.2) is 42.9 Å². The second-order valence-corrected chi connectivity index (χ2v) is 8.99. The lowest BCUT2D eigenvalue weighted by molar-refractivity contribution is -0.116. The molecule has 2 aromatic heterocycles. The minimum Gasteiger partial charge on any atom is -0.320 e. The molecule has 34 heavy (non-hydrogen) atoms. The average Bonchev–Trinajstić information content (AvgIpc) is 2.78. The van der Waals surface area contributed by atoms with Crippen molar-refractivity contribution in [2.45, 2.75) is 51.4 Å². The van der Waals surface area contributed by atoms with Gasteiger partial charge in [0.2, 0.25) is 5.92 Å². The fraction of sp³-hybridized carbons (Fsp3) is 0.360. The molecule has 2 heterocycles. The fourth-order valence-corrected chi connectivity index (χ4v) is 4.11. The summed E-state index contributed by atoms with van der Waals surface area (Å²) in [6.45, 7) is 5.58. The van der Waals surface area contributed by atoms with E-state index in [2.05, 4.69) is 20.3 Å². The van der Waals surface area contributed by atoms with Gasteiger partial charge >= 0.3 is 0 Å². The minimum absolute atomic E-state index is 0.0727. The van der Waals surface area contributed by atoms with Gasteiger partial charge in [0.1, 0.15) is 17.5 Å². The van der Waals surface area contributed by atoms with Crippen LogP contribution in [0.2, 0.25) is 0 Å². The summed E-state index contributed by atoms with van der Waals surface area (Å²) in [7, 11) is 0. The van der Waals surface area contributed by atoms with E-state index in [0.29, 0.717) is 11.5 Å². The van der Waals surface area contributed by atoms with E-state index < -0.39 is 29.4 Å². The summed E-state index contributed by atoms with van der Waals surface area (Å²) in [6.07, 6.45) is 3.56. The van der Waals surface area contributed by atoms with Gasteiger partial charge in [-0.2, -0.15) is 0 Å². The van der Waals surface area contributed by atoms with Gasteiger partial charge in [-0.25, -0.2) is 27.5 Å². The van der Waals surface area contributed by atoms with Crippen LogP contribution in [0.1, 0.15) is 67.3 Å². The lowest BCUT2D eigenvalue weighted by atomic mass is 9.72. The van der Waals surface area contributed by atoms with Crippen LogP contribution >= 0.6 is 0 Å². The lowest BCUT2D eigenvalue weighted by Crippen LogP contribution is -2.38. The first-order chi connectivity index (χ1) is 16.1. The molecule has 1 fully saturated rings.